The van der Waals surface area contributed by atoms with Crippen LogP contribution < -0.4 is 9.64 Å². The van der Waals surface area contributed by atoms with Gasteiger partial charge in [-0.05, 0) is 59.0 Å². The number of halogens is 1. The highest BCUT2D eigenvalue weighted by molar-refractivity contribution is 6.30. The highest BCUT2D eigenvalue weighted by Crippen LogP contribution is 2.20. The second-order valence-corrected chi connectivity index (χ2v) is 5.78. The van der Waals surface area contributed by atoms with E-state index in [1.807, 2.05) is 24.3 Å². The number of carbonyl (C=O) groups excluding carboxylic acids is 1. The molecule has 0 aliphatic carbocycles. The summed E-state index contributed by atoms with van der Waals surface area (Å²) in [5.74, 6) is 1.19. The van der Waals surface area contributed by atoms with E-state index in [4.69, 9.17) is 16.3 Å². The van der Waals surface area contributed by atoms with Gasteiger partial charge in [0, 0.05) is 24.7 Å². The van der Waals surface area contributed by atoms with Crippen LogP contribution in [0.25, 0.3) is 5.69 Å². The van der Waals surface area contributed by atoms with Crippen LogP contribution in [0.2, 0.25) is 5.02 Å². The molecule has 0 radical (unpaired) electrons. The van der Waals surface area contributed by atoms with Gasteiger partial charge in [-0.1, -0.05) is 11.6 Å². The van der Waals surface area contributed by atoms with Crippen LogP contribution in [0.1, 0.15) is 12.7 Å². The van der Waals surface area contributed by atoms with Gasteiger partial charge in [0.15, 0.2) is 5.82 Å². The van der Waals surface area contributed by atoms with Crippen molar-refractivity contribution < 1.29 is 9.53 Å². The van der Waals surface area contributed by atoms with E-state index in [1.165, 1.54) is 6.92 Å². The maximum Gasteiger partial charge on any atom is 0.223 e. The zero-order valence-corrected chi connectivity index (χ0v) is 14.5. The molecule has 3 aromatic rings. The molecule has 7 nitrogen and oxygen atoms in total. The van der Waals surface area contributed by atoms with Crippen molar-refractivity contribution in [3.05, 3.63) is 59.4 Å². The van der Waals surface area contributed by atoms with Gasteiger partial charge in [0.05, 0.1) is 5.69 Å². The normalized spacial score (nSPS) is 10.5. The Labute approximate surface area is 149 Å². The lowest BCUT2D eigenvalue weighted by Gasteiger charge is -2.15. The molecule has 8 heteroatoms. The van der Waals surface area contributed by atoms with Crippen molar-refractivity contribution in [3.63, 3.8) is 0 Å². The Balaban J connectivity index is 1.69. The van der Waals surface area contributed by atoms with Gasteiger partial charge in [-0.3, -0.25) is 4.79 Å². The molecule has 0 aliphatic rings. The van der Waals surface area contributed by atoms with Gasteiger partial charge < -0.3 is 9.64 Å². The van der Waals surface area contributed by atoms with E-state index in [0.717, 1.165) is 11.4 Å². The van der Waals surface area contributed by atoms with Gasteiger partial charge in [-0.25, -0.2) is 0 Å². The van der Waals surface area contributed by atoms with Crippen molar-refractivity contribution in [1.82, 2.24) is 20.2 Å². The SMILES string of the molecule is CC(=O)N(C)c1ccc(OCc2nnnn2-c2ccc(Cl)cc2)cc1. The molecule has 0 aliphatic heterocycles. The monoisotopic (exact) mass is 357 g/mol. The molecule has 0 atom stereocenters. The summed E-state index contributed by atoms with van der Waals surface area (Å²) in [6, 6.07) is 14.4. The minimum atomic E-state index is -0.0317. The largest absolute Gasteiger partial charge is 0.486 e. The lowest BCUT2D eigenvalue weighted by atomic mass is 10.3. The van der Waals surface area contributed by atoms with Gasteiger partial charge in [-0.15, -0.1) is 5.10 Å². The zero-order valence-electron chi connectivity index (χ0n) is 13.8. The molecule has 3 rings (SSSR count). The third kappa shape index (κ3) is 3.95. The van der Waals surface area contributed by atoms with Crippen molar-refractivity contribution >= 4 is 23.2 Å². The smallest absolute Gasteiger partial charge is 0.223 e. The molecule has 0 spiro atoms. The summed E-state index contributed by atoms with van der Waals surface area (Å²) >= 11 is 5.90. The second-order valence-electron chi connectivity index (χ2n) is 5.34. The number of carbonyl (C=O) groups is 1. The molecule has 1 heterocycles. The Morgan fingerprint density at radius 3 is 2.48 bits per heavy atom. The first-order valence-electron chi connectivity index (χ1n) is 7.55. The van der Waals surface area contributed by atoms with Gasteiger partial charge in [0.25, 0.3) is 0 Å². The molecule has 25 heavy (non-hydrogen) atoms. The number of tetrazole rings is 1. The predicted molar refractivity (Wildman–Crippen MR) is 94.0 cm³/mol. The first kappa shape index (κ1) is 16.9. The number of rotatable bonds is 5. The molecule has 0 N–H and O–H groups in total. The average Bonchev–Trinajstić information content (AvgIpc) is 3.09. The zero-order chi connectivity index (χ0) is 17.8. The Kier molecular flexibility index (Phi) is 4.95. The molecule has 1 aromatic heterocycles. The number of amides is 1. The van der Waals surface area contributed by atoms with E-state index in [9.17, 15) is 4.79 Å². The second kappa shape index (κ2) is 7.31. The molecule has 0 saturated carbocycles. The van der Waals surface area contributed by atoms with Gasteiger partial charge in [0.1, 0.15) is 12.4 Å². The lowest BCUT2D eigenvalue weighted by molar-refractivity contribution is -0.116. The molecule has 0 unspecified atom stereocenters. The van der Waals surface area contributed by atoms with Gasteiger partial charge in [0.2, 0.25) is 5.91 Å². The van der Waals surface area contributed by atoms with E-state index >= 15 is 0 Å². The molecular weight excluding hydrogens is 342 g/mol. The van der Waals surface area contributed by atoms with E-state index < -0.39 is 0 Å². The maximum absolute atomic E-state index is 11.4. The first-order chi connectivity index (χ1) is 12.0. The van der Waals surface area contributed by atoms with Gasteiger partial charge in [-0.2, -0.15) is 4.68 Å². The number of nitrogens with zero attached hydrogens (tertiary/aromatic N) is 5. The minimum absolute atomic E-state index is 0.0317. The quantitative estimate of drug-likeness (QED) is 0.702. The van der Waals surface area contributed by atoms with Gasteiger partial charge >= 0.3 is 0 Å². The van der Waals surface area contributed by atoms with Crippen molar-refractivity contribution in [2.45, 2.75) is 13.5 Å². The number of hydrogen-bond acceptors (Lipinski definition) is 5. The Morgan fingerprint density at radius 2 is 1.84 bits per heavy atom. The predicted octanol–water partition coefficient (Wildman–Crippen LogP) is 2.88. The summed E-state index contributed by atoms with van der Waals surface area (Å²) in [6.07, 6.45) is 0. The van der Waals surface area contributed by atoms with Crippen molar-refractivity contribution in [3.8, 4) is 11.4 Å². The van der Waals surface area contributed by atoms with Crippen molar-refractivity contribution in [2.75, 3.05) is 11.9 Å². The van der Waals surface area contributed by atoms with Crippen molar-refractivity contribution in [2.24, 2.45) is 0 Å². The highest BCUT2D eigenvalue weighted by Gasteiger charge is 2.10. The molecule has 0 saturated heterocycles. The van der Waals surface area contributed by atoms with E-state index in [2.05, 4.69) is 15.5 Å². The Hall–Kier alpha value is -2.93. The molecule has 128 valence electrons. The summed E-state index contributed by atoms with van der Waals surface area (Å²) in [6.45, 7) is 1.72. The summed E-state index contributed by atoms with van der Waals surface area (Å²) < 4.78 is 7.33. The molecular formula is C17H16ClN5O2. The van der Waals surface area contributed by atoms with Crippen LogP contribution >= 0.6 is 11.6 Å². The number of anilines is 1. The fourth-order valence-corrected chi connectivity index (χ4v) is 2.30. The van der Waals surface area contributed by atoms with E-state index in [1.54, 1.807) is 40.9 Å². The van der Waals surface area contributed by atoms with Crippen LogP contribution in [-0.4, -0.2) is 33.2 Å². The number of hydrogen-bond donors (Lipinski definition) is 0. The van der Waals surface area contributed by atoms with Crippen LogP contribution in [0, 0.1) is 0 Å². The summed E-state index contributed by atoms with van der Waals surface area (Å²) in [5, 5.41) is 12.3. The number of ether oxygens (including phenoxy) is 1. The fourth-order valence-electron chi connectivity index (χ4n) is 2.17. The van der Waals surface area contributed by atoms with Crippen LogP contribution in [0.3, 0.4) is 0 Å². The fraction of sp³-hybridized carbons (Fsp3) is 0.176. The first-order valence-corrected chi connectivity index (χ1v) is 7.93. The molecule has 0 bridgehead atoms. The minimum Gasteiger partial charge on any atom is -0.486 e. The average molecular weight is 358 g/mol. The summed E-state index contributed by atoms with van der Waals surface area (Å²) in [4.78, 5) is 12.9. The molecule has 0 fully saturated rings. The Morgan fingerprint density at radius 1 is 1.16 bits per heavy atom. The Bertz CT molecular complexity index is 862. The topological polar surface area (TPSA) is 73.1 Å². The summed E-state index contributed by atoms with van der Waals surface area (Å²) in [7, 11) is 1.72. The van der Waals surface area contributed by atoms with Crippen LogP contribution in [0.15, 0.2) is 48.5 Å². The standard InChI is InChI=1S/C17H16ClN5O2/c1-12(24)22(2)14-7-9-16(10-8-14)25-11-17-19-20-21-23(17)15-5-3-13(18)4-6-15/h3-10H,11H2,1-2H3. The number of aromatic nitrogens is 4. The molecule has 2 aromatic carbocycles. The highest BCUT2D eigenvalue weighted by atomic mass is 35.5. The van der Waals surface area contributed by atoms with Crippen LogP contribution in [0.4, 0.5) is 5.69 Å². The van der Waals surface area contributed by atoms with E-state index in [0.29, 0.717) is 16.6 Å². The number of benzene rings is 2. The summed E-state index contributed by atoms with van der Waals surface area (Å²) in [5.41, 5.74) is 1.59. The van der Waals surface area contributed by atoms with Crippen molar-refractivity contribution in [1.29, 1.82) is 0 Å². The maximum atomic E-state index is 11.4. The lowest BCUT2D eigenvalue weighted by Crippen LogP contribution is -2.22. The third-order valence-corrected chi connectivity index (χ3v) is 3.92. The van der Waals surface area contributed by atoms with Crippen LogP contribution in [0.5, 0.6) is 5.75 Å². The van der Waals surface area contributed by atoms with Crippen LogP contribution in [-0.2, 0) is 11.4 Å². The molecule has 1 amide bonds. The van der Waals surface area contributed by atoms with E-state index in [-0.39, 0.29) is 12.5 Å². The third-order valence-electron chi connectivity index (χ3n) is 3.67.